The van der Waals surface area contributed by atoms with E-state index in [-0.39, 0.29) is 5.75 Å². The number of hydrogen-bond donors (Lipinski definition) is 1. The molecule has 0 saturated heterocycles. The summed E-state index contributed by atoms with van der Waals surface area (Å²) in [6, 6.07) is 6.11. The van der Waals surface area contributed by atoms with Crippen LogP contribution in [-0.2, 0) is 0 Å². The topological polar surface area (TPSA) is 66.0 Å². The Morgan fingerprint density at radius 2 is 1.95 bits per heavy atom. The Hall–Kier alpha value is -1.83. The van der Waals surface area contributed by atoms with Crippen molar-refractivity contribution in [3.05, 3.63) is 24.3 Å². The van der Waals surface area contributed by atoms with Crippen LogP contribution in [0.4, 0.5) is 8.78 Å². The number of rotatable bonds is 6. The van der Waals surface area contributed by atoms with Gasteiger partial charge in [-0.3, -0.25) is 0 Å². The molecule has 1 aromatic heterocycles. The Kier molecular flexibility index (Phi) is 5.00. The van der Waals surface area contributed by atoms with Crippen LogP contribution in [0.3, 0.4) is 0 Å². The maximum absolute atomic E-state index is 12.1. The van der Waals surface area contributed by atoms with Crippen molar-refractivity contribution < 1.29 is 13.5 Å². The maximum Gasteiger partial charge on any atom is 0.387 e. The van der Waals surface area contributed by atoms with Gasteiger partial charge in [-0.1, -0.05) is 25.6 Å². The minimum atomic E-state index is -2.84. The van der Waals surface area contributed by atoms with Crippen molar-refractivity contribution in [1.82, 2.24) is 14.9 Å². The monoisotopic (exact) mass is 314 g/mol. The number of aromatic nitrogens is 3. The molecular formula is C13H16F2N4OS. The summed E-state index contributed by atoms with van der Waals surface area (Å²) < 4.78 is 29.9. The lowest BCUT2D eigenvalue weighted by atomic mass is 10.2. The third-order valence-corrected chi connectivity index (χ3v) is 4.11. The lowest BCUT2D eigenvalue weighted by molar-refractivity contribution is -0.0498. The summed E-state index contributed by atoms with van der Waals surface area (Å²) in [6.07, 6.45) is 0.993. The summed E-state index contributed by atoms with van der Waals surface area (Å²) in [6.45, 7) is 1.32. The highest BCUT2D eigenvalue weighted by Gasteiger charge is 2.14. The van der Waals surface area contributed by atoms with Gasteiger partial charge in [0.15, 0.2) is 5.82 Å². The molecule has 21 heavy (non-hydrogen) atoms. The van der Waals surface area contributed by atoms with E-state index in [1.165, 1.54) is 28.6 Å². The second-order valence-corrected chi connectivity index (χ2v) is 5.82. The summed E-state index contributed by atoms with van der Waals surface area (Å²) in [5.74, 6) is 6.54. The molecule has 2 N–H and O–H groups in total. The van der Waals surface area contributed by atoms with Gasteiger partial charge in [-0.2, -0.15) is 8.78 Å². The van der Waals surface area contributed by atoms with Crippen LogP contribution in [0, 0.1) is 0 Å². The van der Waals surface area contributed by atoms with E-state index in [4.69, 9.17) is 5.84 Å². The Balaban J connectivity index is 2.18. The zero-order chi connectivity index (χ0) is 15.4. The van der Waals surface area contributed by atoms with Gasteiger partial charge in [-0.15, -0.1) is 10.2 Å². The number of nitrogens with two attached hydrogens (primary N) is 1. The van der Waals surface area contributed by atoms with Crippen LogP contribution in [0.15, 0.2) is 29.4 Å². The van der Waals surface area contributed by atoms with Gasteiger partial charge in [0, 0.05) is 10.8 Å². The fourth-order valence-electron chi connectivity index (χ4n) is 1.60. The molecule has 0 fully saturated rings. The van der Waals surface area contributed by atoms with Gasteiger partial charge < -0.3 is 10.6 Å². The molecule has 0 radical (unpaired) electrons. The van der Waals surface area contributed by atoms with Crippen molar-refractivity contribution in [3.8, 4) is 17.1 Å². The van der Waals surface area contributed by atoms with E-state index in [0.29, 0.717) is 21.8 Å². The summed E-state index contributed by atoms with van der Waals surface area (Å²) in [4.78, 5) is 0. The molecule has 0 aliphatic rings. The predicted octanol–water partition coefficient (Wildman–Crippen LogP) is 3.15. The maximum atomic E-state index is 12.1. The molecule has 0 aliphatic carbocycles. The Labute approximate surface area is 125 Å². The zero-order valence-corrected chi connectivity index (χ0v) is 12.5. The SMILES string of the molecule is CCC(C)Sc1nnc(-c2ccc(OC(F)F)cc2)n1N. The third kappa shape index (κ3) is 3.84. The lowest BCUT2D eigenvalue weighted by Crippen LogP contribution is -2.12. The number of alkyl halides is 2. The Bertz CT molecular complexity index is 588. The summed E-state index contributed by atoms with van der Waals surface area (Å²) in [7, 11) is 0. The standard InChI is InChI=1S/C13H16F2N4OS/c1-3-8(2)21-13-18-17-11(19(13)16)9-4-6-10(7-5-9)20-12(14)15/h4-8,12H,3,16H2,1-2H3. The van der Waals surface area contributed by atoms with Gasteiger partial charge in [0.2, 0.25) is 5.16 Å². The normalized spacial score (nSPS) is 12.6. The van der Waals surface area contributed by atoms with Gasteiger partial charge in [-0.05, 0) is 30.7 Å². The highest BCUT2D eigenvalue weighted by Crippen LogP contribution is 2.27. The summed E-state index contributed by atoms with van der Waals surface area (Å²) >= 11 is 1.54. The molecule has 1 heterocycles. The third-order valence-electron chi connectivity index (χ3n) is 2.88. The molecule has 1 atom stereocenters. The number of ether oxygens (including phenoxy) is 1. The highest BCUT2D eigenvalue weighted by atomic mass is 32.2. The molecule has 0 saturated carbocycles. The van der Waals surface area contributed by atoms with Gasteiger partial charge in [0.25, 0.3) is 0 Å². The van der Waals surface area contributed by atoms with Gasteiger partial charge >= 0.3 is 6.61 Å². The second kappa shape index (κ2) is 6.75. The lowest BCUT2D eigenvalue weighted by Gasteiger charge is -2.08. The van der Waals surface area contributed by atoms with Crippen LogP contribution < -0.4 is 10.6 Å². The van der Waals surface area contributed by atoms with Crippen LogP contribution in [0.2, 0.25) is 0 Å². The van der Waals surface area contributed by atoms with E-state index in [0.717, 1.165) is 6.42 Å². The number of hydrogen-bond acceptors (Lipinski definition) is 5. The average Bonchev–Trinajstić information content (AvgIpc) is 2.80. The van der Waals surface area contributed by atoms with Gasteiger partial charge in [0.1, 0.15) is 5.75 Å². The average molecular weight is 314 g/mol. The molecule has 0 bridgehead atoms. The van der Waals surface area contributed by atoms with Crippen LogP contribution in [0.1, 0.15) is 20.3 Å². The van der Waals surface area contributed by atoms with Crippen molar-refractivity contribution >= 4 is 11.8 Å². The molecule has 2 aromatic rings. The van der Waals surface area contributed by atoms with Crippen molar-refractivity contribution in [2.24, 2.45) is 0 Å². The largest absolute Gasteiger partial charge is 0.435 e. The molecular weight excluding hydrogens is 298 g/mol. The first kappa shape index (κ1) is 15.6. The molecule has 8 heteroatoms. The Morgan fingerprint density at radius 1 is 1.29 bits per heavy atom. The molecule has 0 spiro atoms. The first-order valence-corrected chi connectivity index (χ1v) is 7.31. The van der Waals surface area contributed by atoms with E-state index in [1.807, 2.05) is 0 Å². The number of benzene rings is 1. The van der Waals surface area contributed by atoms with Crippen LogP contribution in [0.5, 0.6) is 5.75 Å². The first-order valence-electron chi connectivity index (χ1n) is 6.43. The number of halogens is 2. The van der Waals surface area contributed by atoms with Gasteiger partial charge in [-0.25, -0.2) is 4.68 Å². The van der Waals surface area contributed by atoms with Gasteiger partial charge in [0.05, 0.1) is 0 Å². The highest BCUT2D eigenvalue weighted by molar-refractivity contribution is 7.99. The molecule has 1 unspecified atom stereocenters. The molecule has 1 aromatic carbocycles. The minimum Gasteiger partial charge on any atom is -0.435 e. The van der Waals surface area contributed by atoms with Crippen LogP contribution in [-0.4, -0.2) is 26.7 Å². The minimum absolute atomic E-state index is 0.0889. The fourth-order valence-corrected chi connectivity index (χ4v) is 2.42. The summed E-state index contributed by atoms with van der Waals surface area (Å²) in [5, 5.41) is 9.09. The number of nitrogens with zero attached hydrogens (tertiary/aromatic N) is 3. The van der Waals surface area contributed by atoms with E-state index in [2.05, 4.69) is 28.8 Å². The van der Waals surface area contributed by atoms with E-state index in [1.54, 1.807) is 12.1 Å². The molecule has 5 nitrogen and oxygen atoms in total. The predicted molar refractivity (Wildman–Crippen MR) is 77.9 cm³/mol. The first-order chi connectivity index (χ1) is 10.0. The van der Waals surface area contributed by atoms with E-state index < -0.39 is 6.61 Å². The number of nitrogen functional groups attached to an aromatic ring is 1. The quantitative estimate of drug-likeness (QED) is 0.655. The van der Waals surface area contributed by atoms with E-state index >= 15 is 0 Å². The van der Waals surface area contributed by atoms with Crippen molar-refractivity contribution in [2.75, 3.05) is 5.84 Å². The Morgan fingerprint density at radius 3 is 2.52 bits per heavy atom. The summed E-state index contributed by atoms with van der Waals surface area (Å²) in [5.41, 5.74) is 0.683. The van der Waals surface area contributed by atoms with Crippen LogP contribution >= 0.6 is 11.8 Å². The van der Waals surface area contributed by atoms with E-state index in [9.17, 15) is 8.78 Å². The fraction of sp³-hybridized carbons (Fsp3) is 0.385. The van der Waals surface area contributed by atoms with Crippen molar-refractivity contribution in [2.45, 2.75) is 37.3 Å². The molecule has 0 amide bonds. The second-order valence-electron chi connectivity index (χ2n) is 4.42. The van der Waals surface area contributed by atoms with Crippen molar-refractivity contribution in [1.29, 1.82) is 0 Å². The van der Waals surface area contributed by atoms with Crippen molar-refractivity contribution in [3.63, 3.8) is 0 Å². The molecule has 114 valence electrons. The molecule has 2 rings (SSSR count). The molecule has 0 aliphatic heterocycles. The number of thioether (sulfide) groups is 1. The zero-order valence-electron chi connectivity index (χ0n) is 11.7. The smallest absolute Gasteiger partial charge is 0.387 e. The van der Waals surface area contributed by atoms with Crippen LogP contribution in [0.25, 0.3) is 11.4 Å².